The Morgan fingerprint density at radius 3 is 1.63 bits per heavy atom. The number of rotatable bonds is 7. The predicted molar refractivity (Wildman–Crippen MR) is 118 cm³/mol. The summed E-state index contributed by atoms with van der Waals surface area (Å²) in [5.41, 5.74) is 2.95. The van der Waals surface area contributed by atoms with Gasteiger partial charge in [0.05, 0.1) is 0 Å². The molecule has 136 valence electrons. The van der Waals surface area contributed by atoms with E-state index in [1.807, 2.05) is 0 Å². The van der Waals surface area contributed by atoms with Crippen molar-refractivity contribution >= 4 is 21.5 Å². The van der Waals surface area contributed by atoms with Crippen LogP contribution >= 0.6 is 0 Å². The van der Waals surface area contributed by atoms with Crippen LogP contribution in [-0.4, -0.2) is 0 Å². The van der Waals surface area contributed by atoms with Crippen LogP contribution < -0.4 is 0 Å². The minimum atomic E-state index is 0.444. The first-order valence-corrected chi connectivity index (χ1v) is 10.3. The van der Waals surface area contributed by atoms with Crippen molar-refractivity contribution in [2.24, 2.45) is 0 Å². The number of hydrogen-bond donors (Lipinski definition) is 0. The molecule has 0 aromatic heterocycles. The zero-order valence-electron chi connectivity index (χ0n) is 16.2. The molecule has 4 rings (SSSR count). The Morgan fingerprint density at radius 2 is 1.07 bits per heavy atom. The van der Waals surface area contributed by atoms with E-state index in [0.29, 0.717) is 5.92 Å². The molecule has 4 aromatic carbocycles. The third-order valence-corrected chi connectivity index (χ3v) is 5.74. The summed E-state index contributed by atoms with van der Waals surface area (Å²) < 4.78 is 0. The van der Waals surface area contributed by atoms with E-state index >= 15 is 0 Å². The van der Waals surface area contributed by atoms with Crippen LogP contribution in [-0.2, 0) is 0 Å². The van der Waals surface area contributed by atoms with Crippen LogP contribution in [0.4, 0.5) is 0 Å². The molecule has 0 heterocycles. The highest BCUT2D eigenvalue weighted by atomic mass is 14.2. The Kier molecular flexibility index (Phi) is 5.53. The Bertz CT molecular complexity index is 938. The summed E-state index contributed by atoms with van der Waals surface area (Å²) in [5.74, 6) is 0.444. The highest BCUT2D eigenvalue weighted by Gasteiger charge is 2.18. The molecule has 0 heteroatoms. The largest absolute Gasteiger partial charge is 0.0654 e. The van der Waals surface area contributed by atoms with Gasteiger partial charge in [-0.1, -0.05) is 118 Å². The first-order chi connectivity index (χ1) is 13.4. The minimum absolute atomic E-state index is 0.444. The number of benzene rings is 4. The lowest BCUT2D eigenvalue weighted by Gasteiger charge is -2.22. The predicted octanol–water partition coefficient (Wildman–Crippen LogP) is 8.10. The molecule has 0 saturated carbocycles. The average molecular weight is 353 g/mol. The van der Waals surface area contributed by atoms with Crippen LogP contribution in [0.5, 0.6) is 0 Å². The van der Waals surface area contributed by atoms with Gasteiger partial charge in [0.25, 0.3) is 0 Å². The summed E-state index contributed by atoms with van der Waals surface area (Å²) >= 11 is 0. The fraction of sp³-hybridized carbons (Fsp3) is 0.259. The molecular formula is C27H28. The molecule has 0 spiro atoms. The lowest BCUT2D eigenvalue weighted by atomic mass is 9.82. The van der Waals surface area contributed by atoms with Gasteiger partial charge in [-0.3, -0.25) is 0 Å². The van der Waals surface area contributed by atoms with Gasteiger partial charge in [-0.25, -0.2) is 0 Å². The van der Waals surface area contributed by atoms with Crippen LogP contribution in [0.25, 0.3) is 21.5 Å². The van der Waals surface area contributed by atoms with Crippen LogP contribution in [0.2, 0.25) is 0 Å². The van der Waals surface area contributed by atoms with Crippen molar-refractivity contribution in [2.75, 3.05) is 0 Å². The van der Waals surface area contributed by atoms with E-state index in [2.05, 4.69) is 91.9 Å². The van der Waals surface area contributed by atoms with Crippen molar-refractivity contribution in [1.29, 1.82) is 0 Å². The van der Waals surface area contributed by atoms with Gasteiger partial charge in [0, 0.05) is 5.92 Å². The van der Waals surface area contributed by atoms with E-state index in [-0.39, 0.29) is 0 Å². The summed E-state index contributed by atoms with van der Waals surface area (Å²) in [6, 6.07) is 31.3. The molecule has 0 saturated heterocycles. The number of fused-ring (bicyclic) bond motifs is 2. The van der Waals surface area contributed by atoms with Gasteiger partial charge in [0.2, 0.25) is 0 Å². The fourth-order valence-electron chi connectivity index (χ4n) is 4.36. The minimum Gasteiger partial charge on any atom is -0.0654 e. The molecule has 27 heavy (non-hydrogen) atoms. The van der Waals surface area contributed by atoms with Crippen molar-refractivity contribution in [3.8, 4) is 0 Å². The molecule has 0 aliphatic rings. The average Bonchev–Trinajstić information content (AvgIpc) is 2.73. The van der Waals surface area contributed by atoms with Crippen molar-refractivity contribution in [3.05, 3.63) is 96.1 Å². The normalized spacial score (nSPS) is 11.5. The molecule has 0 aliphatic heterocycles. The lowest BCUT2D eigenvalue weighted by Crippen LogP contribution is -2.03. The maximum absolute atomic E-state index is 2.34. The lowest BCUT2D eigenvalue weighted by molar-refractivity contribution is 0.600. The zero-order valence-corrected chi connectivity index (χ0v) is 16.2. The summed E-state index contributed by atoms with van der Waals surface area (Å²) in [7, 11) is 0. The van der Waals surface area contributed by atoms with Crippen LogP contribution in [0, 0.1) is 0 Å². The van der Waals surface area contributed by atoms with Gasteiger partial charge < -0.3 is 0 Å². The Morgan fingerprint density at radius 1 is 0.556 bits per heavy atom. The molecule has 0 amide bonds. The van der Waals surface area contributed by atoms with Crippen molar-refractivity contribution in [1.82, 2.24) is 0 Å². The first-order valence-electron chi connectivity index (χ1n) is 10.3. The van der Waals surface area contributed by atoms with Crippen LogP contribution in [0.3, 0.4) is 0 Å². The highest BCUT2D eigenvalue weighted by Crippen LogP contribution is 2.37. The molecule has 0 fully saturated rings. The van der Waals surface area contributed by atoms with Gasteiger partial charge in [0.1, 0.15) is 0 Å². The molecule has 0 atom stereocenters. The molecule has 4 aromatic rings. The second-order valence-corrected chi connectivity index (χ2v) is 7.54. The van der Waals surface area contributed by atoms with Crippen molar-refractivity contribution in [3.63, 3.8) is 0 Å². The number of unbranched alkanes of at least 4 members (excludes halogenated alkanes) is 3. The molecule has 0 radical (unpaired) electrons. The van der Waals surface area contributed by atoms with E-state index in [1.165, 1.54) is 64.8 Å². The monoisotopic (exact) mass is 352 g/mol. The second-order valence-electron chi connectivity index (χ2n) is 7.54. The van der Waals surface area contributed by atoms with Crippen molar-refractivity contribution < 1.29 is 0 Å². The van der Waals surface area contributed by atoms with Crippen molar-refractivity contribution in [2.45, 2.75) is 44.9 Å². The van der Waals surface area contributed by atoms with Gasteiger partial charge in [-0.2, -0.15) is 0 Å². The van der Waals surface area contributed by atoms with E-state index in [0.717, 1.165) is 0 Å². The smallest absolute Gasteiger partial charge is 0.0102 e. The fourth-order valence-corrected chi connectivity index (χ4v) is 4.36. The van der Waals surface area contributed by atoms with E-state index in [1.54, 1.807) is 0 Å². The quantitative estimate of drug-likeness (QED) is 0.295. The highest BCUT2D eigenvalue weighted by molar-refractivity contribution is 5.90. The van der Waals surface area contributed by atoms with Gasteiger partial charge in [-0.15, -0.1) is 0 Å². The standard InChI is InChI=1S/C27H28/c1-2-3-4-5-18-27(25-19-10-14-21-12-6-8-16-23(21)25)26-20-11-15-22-13-7-9-17-24(22)26/h6-17,19-20,27H,2-5,18H2,1H3. The summed E-state index contributed by atoms with van der Waals surface area (Å²) in [5, 5.41) is 5.48. The molecule has 0 unspecified atom stereocenters. The first kappa shape index (κ1) is 17.8. The summed E-state index contributed by atoms with van der Waals surface area (Å²) in [6.45, 7) is 2.28. The molecule has 0 bridgehead atoms. The van der Waals surface area contributed by atoms with Gasteiger partial charge in [0.15, 0.2) is 0 Å². The SMILES string of the molecule is CCCCCCC(c1cccc2ccccc12)c1cccc2ccccc12. The molecule has 0 aliphatic carbocycles. The van der Waals surface area contributed by atoms with E-state index in [9.17, 15) is 0 Å². The van der Waals surface area contributed by atoms with Gasteiger partial charge >= 0.3 is 0 Å². The van der Waals surface area contributed by atoms with Crippen LogP contribution in [0.1, 0.15) is 56.1 Å². The Labute approximate surface area is 162 Å². The van der Waals surface area contributed by atoms with Crippen LogP contribution in [0.15, 0.2) is 84.9 Å². The topological polar surface area (TPSA) is 0 Å². The number of hydrogen-bond acceptors (Lipinski definition) is 0. The molecule has 0 nitrogen and oxygen atoms in total. The maximum atomic E-state index is 2.34. The molecular weight excluding hydrogens is 324 g/mol. The van der Waals surface area contributed by atoms with Gasteiger partial charge in [-0.05, 0) is 39.1 Å². The Balaban J connectivity index is 1.83. The summed E-state index contributed by atoms with van der Waals surface area (Å²) in [6.07, 6.45) is 6.43. The summed E-state index contributed by atoms with van der Waals surface area (Å²) in [4.78, 5) is 0. The molecule has 0 N–H and O–H groups in total. The third kappa shape index (κ3) is 3.76. The maximum Gasteiger partial charge on any atom is 0.0102 e. The second kappa shape index (κ2) is 8.39. The Hall–Kier alpha value is -2.60. The third-order valence-electron chi connectivity index (χ3n) is 5.74. The van der Waals surface area contributed by atoms with E-state index < -0.39 is 0 Å². The zero-order chi connectivity index (χ0) is 18.5. The van der Waals surface area contributed by atoms with E-state index in [4.69, 9.17) is 0 Å².